The molecule has 4 heteroatoms. The Hall–Kier alpha value is -1.58. The summed E-state index contributed by atoms with van der Waals surface area (Å²) in [5, 5.41) is 8.14. The molecule has 4 nitrogen and oxygen atoms in total. The SMILES string of the molecule is CC(C)c1cc2c(NCC3CCCCC3)nccn2n1. The minimum absolute atomic E-state index is 0.445. The van der Waals surface area contributed by atoms with Gasteiger partial charge in [-0.1, -0.05) is 33.1 Å². The van der Waals surface area contributed by atoms with Crippen LogP contribution in [0, 0.1) is 5.92 Å². The predicted octanol–water partition coefficient (Wildman–Crippen LogP) is 3.84. The van der Waals surface area contributed by atoms with Crippen LogP contribution in [0.5, 0.6) is 0 Å². The summed E-state index contributed by atoms with van der Waals surface area (Å²) < 4.78 is 1.94. The third-order valence-electron chi connectivity index (χ3n) is 4.28. The molecule has 2 aromatic rings. The molecule has 0 aliphatic heterocycles. The van der Waals surface area contributed by atoms with Gasteiger partial charge in [0.2, 0.25) is 0 Å². The van der Waals surface area contributed by atoms with E-state index >= 15 is 0 Å². The second-order valence-electron chi connectivity index (χ2n) is 6.21. The second kappa shape index (κ2) is 5.81. The van der Waals surface area contributed by atoms with Crippen LogP contribution in [0.1, 0.15) is 57.6 Å². The zero-order chi connectivity index (χ0) is 13.9. The average molecular weight is 272 g/mol. The van der Waals surface area contributed by atoms with Crippen LogP contribution in [0.3, 0.4) is 0 Å². The Bertz CT molecular complexity index is 567. The lowest BCUT2D eigenvalue weighted by molar-refractivity contribution is 0.373. The van der Waals surface area contributed by atoms with Crippen molar-refractivity contribution in [2.45, 2.75) is 51.9 Å². The first kappa shape index (κ1) is 13.4. The van der Waals surface area contributed by atoms with E-state index in [2.05, 4.69) is 35.3 Å². The van der Waals surface area contributed by atoms with E-state index in [1.54, 1.807) is 0 Å². The van der Waals surface area contributed by atoms with Crippen LogP contribution < -0.4 is 5.32 Å². The van der Waals surface area contributed by atoms with Crippen LogP contribution in [-0.4, -0.2) is 21.1 Å². The predicted molar refractivity (Wildman–Crippen MR) is 82.1 cm³/mol. The van der Waals surface area contributed by atoms with Crippen molar-refractivity contribution in [1.29, 1.82) is 0 Å². The minimum atomic E-state index is 0.445. The summed E-state index contributed by atoms with van der Waals surface area (Å²) in [6, 6.07) is 2.15. The van der Waals surface area contributed by atoms with Crippen LogP contribution in [0.4, 0.5) is 5.82 Å². The molecule has 2 heterocycles. The molecule has 0 atom stereocenters. The van der Waals surface area contributed by atoms with Crippen LogP contribution in [-0.2, 0) is 0 Å². The maximum atomic E-state index is 4.60. The van der Waals surface area contributed by atoms with Gasteiger partial charge in [0.1, 0.15) is 5.52 Å². The van der Waals surface area contributed by atoms with Crippen molar-refractivity contribution in [3.8, 4) is 0 Å². The smallest absolute Gasteiger partial charge is 0.152 e. The van der Waals surface area contributed by atoms with Gasteiger partial charge >= 0.3 is 0 Å². The molecular weight excluding hydrogens is 248 g/mol. The molecule has 1 aliphatic rings. The molecule has 1 N–H and O–H groups in total. The standard InChI is InChI=1S/C16H24N4/c1-12(2)14-10-15-16(17-8-9-20(15)19-14)18-11-13-6-4-3-5-7-13/h8-10,12-13H,3-7,11H2,1-2H3,(H,17,18). The molecule has 0 bridgehead atoms. The number of nitrogens with zero attached hydrogens (tertiary/aromatic N) is 3. The molecule has 1 fully saturated rings. The zero-order valence-electron chi connectivity index (χ0n) is 12.5. The molecule has 0 saturated heterocycles. The van der Waals surface area contributed by atoms with E-state index in [1.807, 2.05) is 16.9 Å². The lowest BCUT2D eigenvalue weighted by Crippen LogP contribution is -2.18. The highest BCUT2D eigenvalue weighted by Crippen LogP contribution is 2.25. The summed E-state index contributed by atoms with van der Waals surface area (Å²) in [6.07, 6.45) is 10.6. The quantitative estimate of drug-likeness (QED) is 0.919. The van der Waals surface area contributed by atoms with Gasteiger partial charge in [0, 0.05) is 18.9 Å². The fourth-order valence-electron chi connectivity index (χ4n) is 2.99. The van der Waals surface area contributed by atoms with Crippen LogP contribution in [0.15, 0.2) is 18.5 Å². The first-order valence-electron chi connectivity index (χ1n) is 7.82. The number of aromatic nitrogens is 3. The van der Waals surface area contributed by atoms with Gasteiger partial charge < -0.3 is 5.32 Å². The minimum Gasteiger partial charge on any atom is -0.368 e. The van der Waals surface area contributed by atoms with Gasteiger partial charge in [0.15, 0.2) is 5.82 Å². The Morgan fingerprint density at radius 3 is 2.85 bits per heavy atom. The van der Waals surface area contributed by atoms with Gasteiger partial charge in [-0.3, -0.25) is 0 Å². The van der Waals surface area contributed by atoms with E-state index in [0.717, 1.165) is 29.5 Å². The Balaban J connectivity index is 1.76. The number of rotatable bonds is 4. The van der Waals surface area contributed by atoms with Crippen molar-refractivity contribution in [3.05, 3.63) is 24.2 Å². The van der Waals surface area contributed by atoms with Crippen molar-refractivity contribution >= 4 is 11.3 Å². The molecule has 2 aromatic heterocycles. The number of fused-ring (bicyclic) bond motifs is 1. The molecule has 3 rings (SSSR count). The fraction of sp³-hybridized carbons (Fsp3) is 0.625. The van der Waals surface area contributed by atoms with Crippen molar-refractivity contribution in [3.63, 3.8) is 0 Å². The van der Waals surface area contributed by atoms with Crippen molar-refractivity contribution in [1.82, 2.24) is 14.6 Å². The van der Waals surface area contributed by atoms with E-state index in [0.29, 0.717) is 5.92 Å². The molecular formula is C16H24N4. The molecule has 108 valence electrons. The third-order valence-corrected chi connectivity index (χ3v) is 4.28. The maximum absolute atomic E-state index is 4.60. The first-order valence-corrected chi connectivity index (χ1v) is 7.82. The highest BCUT2D eigenvalue weighted by atomic mass is 15.2. The van der Waals surface area contributed by atoms with E-state index in [4.69, 9.17) is 0 Å². The second-order valence-corrected chi connectivity index (χ2v) is 6.21. The normalized spacial score (nSPS) is 16.9. The van der Waals surface area contributed by atoms with E-state index in [9.17, 15) is 0 Å². The number of anilines is 1. The van der Waals surface area contributed by atoms with E-state index in [1.165, 1.54) is 32.1 Å². The lowest BCUT2D eigenvalue weighted by atomic mass is 9.89. The number of hydrogen-bond donors (Lipinski definition) is 1. The summed E-state index contributed by atoms with van der Waals surface area (Å²) >= 11 is 0. The lowest BCUT2D eigenvalue weighted by Gasteiger charge is -2.22. The summed E-state index contributed by atoms with van der Waals surface area (Å²) in [7, 11) is 0. The molecule has 1 saturated carbocycles. The number of hydrogen-bond acceptors (Lipinski definition) is 3. The Kier molecular flexibility index (Phi) is 3.90. The molecule has 0 aromatic carbocycles. The van der Waals surface area contributed by atoms with Crippen LogP contribution in [0.2, 0.25) is 0 Å². The van der Waals surface area contributed by atoms with Crippen molar-refractivity contribution in [2.75, 3.05) is 11.9 Å². The summed E-state index contributed by atoms with van der Waals surface area (Å²) in [5.41, 5.74) is 2.21. The van der Waals surface area contributed by atoms with Gasteiger partial charge in [0.25, 0.3) is 0 Å². The Morgan fingerprint density at radius 1 is 1.30 bits per heavy atom. The molecule has 0 spiro atoms. The highest BCUT2D eigenvalue weighted by molar-refractivity contribution is 5.67. The monoisotopic (exact) mass is 272 g/mol. The topological polar surface area (TPSA) is 42.2 Å². The molecule has 20 heavy (non-hydrogen) atoms. The summed E-state index contributed by atoms with van der Waals surface area (Å²) in [6.45, 7) is 5.38. The Morgan fingerprint density at radius 2 is 2.10 bits per heavy atom. The molecule has 0 radical (unpaired) electrons. The molecule has 0 unspecified atom stereocenters. The molecule has 1 aliphatic carbocycles. The molecule has 0 amide bonds. The summed E-state index contributed by atoms with van der Waals surface area (Å²) in [5.74, 6) is 2.22. The van der Waals surface area contributed by atoms with E-state index in [-0.39, 0.29) is 0 Å². The summed E-state index contributed by atoms with van der Waals surface area (Å²) in [4.78, 5) is 4.49. The Labute approximate surface area is 120 Å². The maximum Gasteiger partial charge on any atom is 0.152 e. The van der Waals surface area contributed by atoms with Gasteiger partial charge in [-0.2, -0.15) is 5.10 Å². The van der Waals surface area contributed by atoms with Gasteiger partial charge in [-0.25, -0.2) is 9.50 Å². The van der Waals surface area contributed by atoms with Gasteiger partial charge in [-0.05, 0) is 30.7 Å². The van der Waals surface area contributed by atoms with E-state index < -0.39 is 0 Å². The largest absolute Gasteiger partial charge is 0.368 e. The van der Waals surface area contributed by atoms with Crippen molar-refractivity contribution < 1.29 is 0 Å². The third kappa shape index (κ3) is 2.79. The first-order chi connectivity index (χ1) is 9.74. The highest BCUT2D eigenvalue weighted by Gasteiger charge is 2.14. The van der Waals surface area contributed by atoms with Gasteiger partial charge in [0.05, 0.1) is 5.69 Å². The van der Waals surface area contributed by atoms with Crippen molar-refractivity contribution in [2.24, 2.45) is 5.92 Å². The average Bonchev–Trinajstić information content (AvgIpc) is 2.91. The van der Waals surface area contributed by atoms with Crippen LogP contribution >= 0.6 is 0 Å². The fourth-order valence-corrected chi connectivity index (χ4v) is 2.99. The van der Waals surface area contributed by atoms with Gasteiger partial charge in [-0.15, -0.1) is 0 Å². The van der Waals surface area contributed by atoms with Crippen LogP contribution in [0.25, 0.3) is 5.52 Å². The zero-order valence-corrected chi connectivity index (χ0v) is 12.5. The number of nitrogens with one attached hydrogen (secondary N) is 1.